The van der Waals surface area contributed by atoms with Gasteiger partial charge in [0.05, 0.1) is 23.4 Å². The molecule has 1 aliphatic heterocycles. The number of benzene rings is 1. The minimum Gasteiger partial charge on any atom is -0.444 e. The summed E-state index contributed by atoms with van der Waals surface area (Å²) in [5, 5.41) is 6.38. The minimum absolute atomic E-state index is 0.00757. The second kappa shape index (κ2) is 6.64. The molecule has 5 nitrogen and oxygen atoms in total. The molecule has 1 saturated heterocycles. The molecule has 1 amide bonds. The number of anilines is 1. The number of carbonyl (C=O) groups is 1. The SMILES string of the molecule is CC(C)(C)OC(=O)Nc1ccc(C2CNCCO2)cc1Cl. The van der Waals surface area contributed by atoms with E-state index in [1.54, 1.807) is 6.07 Å². The Morgan fingerprint density at radius 2 is 2.24 bits per heavy atom. The summed E-state index contributed by atoms with van der Waals surface area (Å²) >= 11 is 6.22. The van der Waals surface area contributed by atoms with Gasteiger partial charge in [-0.15, -0.1) is 0 Å². The molecule has 1 aromatic carbocycles. The highest BCUT2D eigenvalue weighted by molar-refractivity contribution is 6.33. The van der Waals surface area contributed by atoms with Gasteiger partial charge < -0.3 is 14.8 Å². The topological polar surface area (TPSA) is 59.6 Å². The summed E-state index contributed by atoms with van der Waals surface area (Å²) in [6, 6.07) is 5.47. The molecule has 0 radical (unpaired) electrons. The Bertz CT molecular complexity index is 508. The molecule has 2 N–H and O–H groups in total. The summed E-state index contributed by atoms with van der Waals surface area (Å²) in [6.45, 7) is 7.73. The third kappa shape index (κ3) is 4.88. The lowest BCUT2D eigenvalue weighted by Gasteiger charge is -2.24. The van der Waals surface area contributed by atoms with Crippen molar-refractivity contribution in [3.63, 3.8) is 0 Å². The number of amides is 1. The fourth-order valence-electron chi connectivity index (χ4n) is 2.03. The van der Waals surface area contributed by atoms with Crippen LogP contribution in [-0.2, 0) is 9.47 Å². The molecule has 1 heterocycles. The number of hydrogen-bond donors (Lipinski definition) is 2. The molecule has 21 heavy (non-hydrogen) atoms. The summed E-state index contributed by atoms with van der Waals surface area (Å²) in [6.07, 6.45) is -0.528. The smallest absolute Gasteiger partial charge is 0.412 e. The maximum absolute atomic E-state index is 11.7. The second-order valence-corrected chi connectivity index (χ2v) is 6.34. The lowest BCUT2D eigenvalue weighted by molar-refractivity contribution is 0.0277. The Morgan fingerprint density at radius 3 is 2.81 bits per heavy atom. The largest absolute Gasteiger partial charge is 0.444 e. The predicted molar refractivity (Wildman–Crippen MR) is 82.9 cm³/mol. The van der Waals surface area contributed by atoms with Crippen molar-refractivity contribution in [3.05, 3.63) is 28.8 Å². The molecule has 1 atom stereocenters. The van der Waals surface area contributed by atoms with E-state index in [-0.39, 0.29) is 6.10 Å². The molecule has 1 fully saturated rings. The third-order valence-electron chi connectivity index (χ3n) is 2.93. The number of ether oxygens (including phenoxy) is 2. The van der Waals surface area contributed by atoms with E-state index < -0.39 is 11.7 Å². The van der Waals surface area contributed by atoms with Gasteiger partial charge in [-0.2, -0.15) is 0 Å². The normalized spacial score (nSPS) is 19.1. The van der Waals surface area contributed by atoms with Crippen molar-refractivity contribution < 1.29 is 14.3 Å². The predicted octanol–water partition coefficient (Wildman–Crippen LogP) is 3.35. The van der Waals surface area contributed by atoms with Crippen LogP contribution < -0.4 is 10.6 Å². The van der Waals surface area contributed by atoms with E-state index in [0.29, 0.717) is 17.3 Å². The van der Waals surface area contributed by atoms with E-state index >= 15 is 0 Å². The molecule has 0 aromatic heterocycles. The summed E-state index contributed by atoms with van der Waals surface area (Å²) in [7, 11) is 0. The summed E-state index contributed by atoms with van der Waals surface area (Å²) in [5.41, 5.74) is 0.971. The Labute approximate surface area is 130 Å². The maximum Gasteiger partial charge on any atom is 0.412 e. The summed E-state index contributed by atoms with van der Waals surface area (Å²) < 4.78 is 10.9. The minimum atomic E-state index is -0.544. The molecule has 116 valence electrons. The molecular formula is C15H21ClN2O3. The molecule has 0 spiro atoms. The number of rotatable bonds is 2. The fraction of sp³-hybridized carbons (Fsp3) is 0.533. The molecule has 0 saturated carbocycles. The first kappa shape index (κ1) is 16.1. The molecule has 1 unspecified atom stereocenters. The van der Waals surface area contributed by atoms with Crippen LogP contribution in [0.1, 0.15) is 32.4 Å². The van der Waals surface area contributed by atoms with E-state index in [0.717, 1.165) is 18.7 Å². The van der Waals surface area contributed by atoms with Crippen molar-refractivity contribution in [1.29, 1.82) is 0 Å². The molecular weight excluding hydrogens is 292 g/mol. The lowest BCUT2D eigenvalue weighted by atomic mass is 10.1. The van der Waals surface area contributed by atoms with E-state index in [4.69, 9.17) is 21.1 Å². The first-order valence-electron chi connectivity index (χ1n) is 6.97. The van der Waals surface area contributed by atoms with Crippen LogP contribution >= 0.6 is 11.6 Å². The standard InChI is InChI=1S/C15H21ClN2O3/c1-15(2,3)21-14(19)18-12-5-4-10(8-11(12)16)13-9-17-6-7-20-13/h4-5,8,13,17H,6-7,9H2,1-3H3,(H,18,19). The molecule has 6 heteroatoms. The molecule has 1 aromatic rings. The summed E-state index contributed by atoms with van der Waals surface area (Å²) in [4.78, 5) is 11.7. The fourth-order valence-corrected chi connectivity index (χ4v) is 2.26. The van der Waals surface area contributed by atoms with Gasteiger partial charge in [-0.1, -0.05) is 17.7 Å². The van der Waals surface area contributed by atoms with Crippen molar-refractivity contribution in [2.75, 3.05) is 25.0 Å². The van der Waals surface area contributed by atoms with Crippen LogP contribution in [0.4, 0.5) is 10.5 Å². The van der Waals surface area contributed by atoms with Crippen molar-refractivity contribution >= 4 is 23.4 Å². The average Bonchev–Trinajstić information content (AvgIpc) is 2.40. The molecule has 1 aliphatic rings. The zero-order valence-corrected chi connectivity index (χ0v) is 13.3. The van der Waals surface area contributed by atoms with Crippen molar-refractivity contribution in [1.82, 2.24) is 5.32 Å². The first-order valence-corrected chi connectivity index (χ1v) is 7.35. The highest BCUT2D eigenvalue weighted by atomic mass is 35.5. The number of hydrogen-bond acceptors (Lipinski definition) is 4. The van der Waals surface area contributed by atoms with Gasteiger partial charge in [-0.25, -0.2) is 4.79 Å². The number of halogens is 1. The Kier molecular flexibility index (Phi) is 5.08. The van der Waals surface area contributed by atoms with Crippen LogP contribution in [0.3, 0.4) is 0 Å². The van der Waals surface area contributed by atoms with Crippen LogP contribution in [0.15, 0.2) is 18.2 Å². The van der Waals surface area contributed by atoms with Crippen molar-refractivity contribution in [3.8, 4) is 0 Å². The summed E-state index contributed by atoms with van der Waals surface area (Å²) in [5.74, 6) is 0. The molecule has 0 aliphatic carbocycles. The van der Waals surface area contributed by atoms with E-state index in [1.165, 1.54) is 0 Å². The van der Waals surface area contributed by atoms with Gasteiger partial charge in [0, 0.05) is 13.1 Å². The van der Waals surface area contributed by atoms with Gasteiger partial charge in [0.2, 0.25) is 0 Å². The molecule has 0 bridgehead atoms. The molecule has 2 rings (SSSR count). The number of carbonyl (C=O) groups excluding carboxylic acids is 1. The Balaban J connectivity index is 2.03. The highest BCUT2D eigenvalue weighted by Gasteiger charge is 2.19. The van der Waals surface area contributed by atoms with Gasteiger partial charge in [0.15, 0.2) is 0 Å². The highest BCUT2D eigenvalue weighted by Crippen LogP contribution is 2.28. The Morgan fingerprint density at radius 1 is 1.48 bits per heavy atom. The van der Waals surface area contributed by atoms with Crippen molar-refractivity contribution in [2.45, 2.75) is 32.5 Å². The van der Waals surface area contributed by atoms with Gasteiger partial charge in [0.1, 0.15) is 5.60 Å². The monoisotopic (exact) mass is 312 g/mol. The van der Waals surface area contributed by atoms with E-state index in [2.05, 4.69) is 10.6 Å². The number of morpholine rings is 1. The van der Waals surface area contributed by atoms with Crippen molar-refractivity contribution in [2.24, 2.45) is 0 Å². The quantitative estimate of drug-likeness (QED) is 0.879. The van der Waals surface area contributed by atoms with Crippen LogP contribution in [-0.4, -0.2) is 31.4 Å². The van der Waals surface area contributed by atoms with Crippen LogP contribution in [0.25, 0.3) is 0 Å². The lowest BCUT2D eigenvalue weighted by Crippen LogP contribution is -2.33. The van der Waals surface area contributed by atoms with E-state index in [1.807, 2.05) is 32.9 Å². The first-order chi connectivity index (χ1) is 9.85. The zero-order valence-electron chi connectivity index (χ0n) is 12.5. The number of nitrogens with one attached hydrogen (secondary N) is 2. The van der Waals surface area contributed by atoms with Gasteiger partial charge in [-0.3, -0.25) is 5.32 Å². The van der Waals surface area contributed by atoms with Gasteiger partial charge in [0.25, 0.3) is 0 Å². The van der Waals surface area contributed by atoms with Gasteiger partial charge >= 0.3 is 6.09 Å². The van der Waals surface area contributed by atoms with Crippen LogP contribution in [0.2, 0.25) is 5.02 Å². The maximum atomic E-state index is 11.7. The van der Waals surface area contributed by atoms with Crippen LogP contribution in [0.5, 0.6) is 0 Å². The average molecular weight is 313 g/mol. The van der Waals surface area contributed by atoms with Gasteiger partial charge in [-0.05, 0) is 38.5 Å². The third-order valence-corrected chi connectivity index (χ3v) is 3.24. The van der Waals surface area contributed by atoms with E-state index in [9.17, 15) is 4.79 Å². The zero-order chi connectivity index (χ0) is 15.5. The Hall–Kier alpha value is -1.30. The van der Waals surface area contributed by atoms with Crippen LogP contribution in [0, 0.1) is 0 Å². The second-order valence-electron chi connectivity index (χ2n) is 5.93.